The summed E-state index contributed by atoms with van der Waals surface area (Å²) in [5.74, 6) is 0.899. The van der Waals surface area contributed by atoms with Gasteiger partial charge < -0.3 is 14.2 Å². The van der Waals surface area contributed by atoms with Crippen LogP contribution in [0.4, 0.5) is 0 Å². The van der Waals surface area contributed by atoms with Gasteiger partial charge in [-0.05, 0) is 48.0 Å². The normalized spacial score (nSPS) is 11.9. The van der Waals surface area contributed by atoms with E-state index in [9.17, 15) is 0 Å². The van der Waals surface area contributed by atoms with E-state index in [4.69, 9.17) is 4.74 Å². The quantitative estimate of drug-likeness (QED) is 0.588. The first kappa shape index (κ1) is 18.0. The Morgan fingerprint density at radius 3 is 2.38 bits per heavy atom. The molecule has 0 bridgehead atoms. The lowest BCUT2D eigenvalue weighted by Crippen LogP contribution is -3.09. The van der Waals surface area contributed by atoms with E-state index in [1.165, 1.54) is 21.7 Å². The Balaban J connectivity index is 1.69. The SMILES string of the molecule is C=CC[NH+](Cc1ccc(OC)cc1)Cc1cccn1Cc1ccccc1. The van der Waals surface area contributed by atoms with Crippen molar-refractivity contribution in [3.8, 4) is 5.75 Å². The first-order valence-electron chi connectivity index (χ1n) is 9.04. The van der Waals surface area contributed by atoms with Gasteiger partial charge in [0.05, 0.1) is 19.3 Å². The van der Waals surface area contributed by atoms with Crippen LogP contribution in [-0.2, 0) is 19.6 Å². The Morgan fingerprint density at radius 1 is 0.923 bits per heavy atom. The van der Waals surface area contributed by atoms with E-state index in [2.05, 4.69) is 71.9 Å². The highest BCUT2D eigenvalue weighted by Gasteiger charge is 2.12. The molecule has 2 aromatic carbocycles. The number of ether oxygens (including phenoxy) is 1. The lowest BCUT2D eigenvalue weighted by atomic mass is 10.2. The summed E-state index contributed by atoms with van der Waals surface area (Å²) in [6.45, 7) is 7.72. The molecule has 0 radical (unpaired) electrons. The van der Waals surface area contributed by atoms with Crippen molar-refractivity contribution in [2.75, 3.05) is 13.7 Å². The molecule has 1 atom stereocenters. The Kier molecular flexibility index (Phi) is 6.29. The van der Waals surface area contributed by atoms with E-state index in [-0.39, 0.29) is 0 Å². The minimum Gasteiger partial charge on any atom is -0.497 e. The molecule has 0 aliphatic rings. The predicted molar refractivity (Wildman–Crippen MR) is 106 cm³/mol. The first-order valence-corrected chi connectivity index (χ1v) is 9.04. The lowest BCUT2D eigenvalue weighted by Gasteiger charge is -2.19. The van der Waals surface area contributed by atoms with Crippen molar-refractivity contribution in [2.45, 2.75) is 19.6 Å². The second kappa shape index (κ2) is 9.07. The maximum Gasteiger partial charge on any atom is 0.119 e. The van der Waals surface area contributed by atoms with Gasteiger partial charge in [-0.3, -0.25) is 0 Å². The van der Waals surface area contributed by atoms with Crippen LogP contribution in [0.15, 0.2) is 85.6 Å². The van der Waals surface area contributed by atoms with Crippen molar-refractivity contribution >= 4 is 0 Å². The number of rotatable bonds is 9. The maximum absolute atomic E-state index is 5.25. The van der Waals surface area contributed by atoms with Crippen molar-refractivity contribution < 1.29 is 9.64 Å². The molecule has 1 aromatic heterocycles. The summed E-state index contributed by atoms with van der Waals surface area (Å²) in [7, 11) is 1.70. The molecule has 0 spiro atoms. The van der Waals surface area contributed by atoms with Crippen molar-refractivity contribution in [2.24, 2.45) is 0 Å². The number of nitrogens with zero attached hydrogens (tertiary/aromatic N) is 1. The van der Waals surface area contributed by atoms with Crippen LogP contribution in [0.2, 0.25) is 0 Å². The number of quaternary nitrogens is 1. The molecule has 3 aromatic rings. The molecule has 0 saturated heterocycles. The van der Waals surface area contributed by atoms with Gasteiger partial charge in [0.2, 0.25) is 0 Å². The Labute approximate surface area is 156 Å². The van der Waals surface area contributed by atoms with Gasteiger partial charge in [-0.1, -0.05) is 36.9 Å². The Bertz CT molecular complexity index is 806. The van der Waals surface area contributed by atoms with E-state index in [1.54, 1.807) is 7.11 Å². The predicted octanol–water partition coefficient (Wildman–Crippen LogP) is 3.32. The number of aromatic nitrogens is 1. The second-order valence-electron chi connectivity index (χ2n) is 6.56. The number of hydrogen-bond donors (Lipinski definition) is 1. The van der Waals surface area contributed by atoms with Crippen LogP contribution in [0.1, 0.15) is 16.8 Å². The van der Waals surface area contributed by atoms with Gasteiger partial charge >= 0.3 is 0 Å². The highest BCUT2D eigenvalue weighted by atomic mass is 16.5. The van der Waals surface area contributed by atoms with E-state index < -0.39 is 0 Å². The van der Waals surface area contributed by atoms with Crippen molar-refractivity contribution in [3.05, 3.63) is 102 Å². The minimum atomic E-state index is 0.899. The molecule has 3 rings (SSSR count). The first-order chi connectivity index (χ1) is 12.8. The zero-order chi connectivity index (χ0) is 18.2. The molecule has 26 heavy (non-hydrogen) atoms. The van der Waals surface area contributed by atoms with Crippen LogP contribution in [0.25, 0.3) is 0 Å². The van der Waals surface area contributed by atoms with Gasteiger partial charge in [-0.15, -0.1) is 0 Å². The van der Waals surface area contributed by atoms with Crippen LogP contribution < -0.4 is 9.64 Å². The number of benzene rings is 2. The minimum absolute atomic E-state index is 0.899. The van der Waals surface area contributed by atoms with Crippen LogP contribution in [0.3, 0.4) is 0 Å². The van der Waals surface area contributed by atoms with E-state index in [0.29, 0.717) is 0 Å². The van der Waals surface area contributed by atoms with E-state index in [1.807, 2.05) is 18.2 Å². The third-order valence-electron chi connectivity index (χ3n) is 4.60. The monoisotopic (exact) mass is 347 g/mol. The Hall–Kier alpha value is -2.78. The van der Waals surface area contributed by atoms with E-state index in [0.717, 1.165) is 31.9 Å². The van der Waals surface area contributed by atoms with E-state index >= 15 is 0 Å². The zero-order valence-corrected chi connectivity index (χ0v) is 15.4. The Morgan fingerprint density at radius 2 is 1.69 bits per heavy atom. The highest BCUT2D eigenvalue weighted by molar-refractivity contribution is 5.26. The van der Waals surface area contributed by atoms with Crippen LogP contribution in [-0.4, -0.2) is 18.2 Å². The standard InChI is InChI=1S/C23H26N2O/c1-3-15-24(17-21-11-13-23(26-2)14-12-21)19-22-10-7-16-25(22)18-20-8-5-4-6-9-20/h3-14,16H,1,15,17-19H2,2H3/p+1. The summed E-state index contributed by atoms with van der Waals surface area (Å²) in [5.41, 5.74) is 3.98. The smallest absolute Gasteiger partial charge is 0.119 e. The molecule has 134 valence electrons. The van der Waals surface area contributed by atoms with Crippen molar-refractivity contribution in [1.82, 2.24) is 4.57 Å². The fraction of sp³-hybridized carbons (Fsp3) is 0.217. The summed E-state index contributed by atoms with van der Waals surface area (Å²) >= 11 is 0. The molecule has 0 aliphatic heterocycles. The molecule has 1 unspecified atom stereocenters. The fourth-order valence-corrected chi connectivity index (χ4v) is 3.24. The summed E-state index contributed by atoms with van der Waals surface area (Å²) in [6, 6.07) is 23.3. The molecule has 0 amide bonds. The number of nitrogens with one attached hydrogen (secondary N) is 1. The van der Waals surface area contributed by atoms with Crippen molar-refractivity contribution in [1.29, 1.82) is 0 Å². The van der Waals surface area contributed by atoms with Gasteiger partial charge in [-0.25, -0.2) is 0 Å². The summed E-state index contributed by atoms with van der Waals surface area (Å²) in [5, 5.41) is 0. The fourth-order valence-electron chi connectivity index (χ4n) is 3.24. The van der Waals surface area contributed by atoms with Gasteiger partial charge in [0.25, 0.3) is 0 Å². The molecule has 0 fully saturated rings. The van der Waals surface area contributed by atoms with Crippen LogP contribution in [0, 0.1) is 0 Å². The average Bonchev–Trinajstić information content (AvgIpc) is 3.10. The van der Waals surface area contributed by atoms with Gasteiger partial charge in [0.15, 0.2) is 0 Å². The topological polar surface area (TPSA) is 18.6 Å². The van der Waals surface area contributed by atoms with Gasteiger partial charge in [0.1, 0.15) is 18.8 Å². The number of hydrogen-bond acceptors (Lipinski definition) is 1. The molecule has 3 nitrogen and oxygen atoms in total. The van der Waals surface area contributed by atoms with Crippen molar-refractivity contribution in [3.63, 3.8) is 0 Å². The maximum atomic E-state index is 5.25. The number of methoxy groups -OCH3 is 1. The molecule has 0 saturated carbocycles. The van der Waals surface area contributed by atoms with Crippen LogP contribution >= 0.6 is 0 Å². The zero-order valence-electron chi connectivity index (χ0n) is 15.4. The van der Waals surface area contributed by atoms with Crippen LogP contribution in [0.5, 0.6) is 5.75 Å². The average molecular weight is 347 g/mol. The molecule has 3 heteroatoms. The molecule has 1 N–H and O–H groups in total. The third kappa shape index (κ3) is 4.87. The molecular weight excluding hydrogens is 320 g/mol. The molecule has 1 heterocycles. The summed E-state index contributed by atoms with van der Waals surface area (Å²) in [4.78, 5) is 1.47. The molecule has 0 aliphatic carbocycles. The third-order valence-corrected chi connectivity index (χ3v) is 4.60. The highest BCUT2D eigenvalue weighted by Crippen LogP contribution is 2.11. The van der Waals surface area contributed by atoms with Gasteiger partial charge in [0, 0.05) is 18.3 Å². The lowest BCUT2D eigenvalue weighted by molar-refractivity contribution is -0.922. The van der Waals surface area contributed by atoms with Gasteiger partial charge in [-0.2, -0.15) is 0 Å². The second-order valence-corrected chi connectivity index (χ2v) is 6.56. The molecular formula is C23H27N2O+. The summed E-state index contributed by atoms with van der Waals surface area (Å²) < 4.78 is 7.59. The largest absolute Gasteiger partial charge is 0.497 e. The summed E-state index contributed by atoms with van der Waals surface area (Å²) in [6.07, 6.45) is 4.17.